The van der Waals surface area contributed by atoms with Crippen molar-refractivity contribution in [3.05, 3.63) is 0 Å². The maximum absolute atomic E-state index is 11.7. The van der Waals surface area contributed by atoms with Crippen molar-refractivity contribution in [2.45, 2.75) is 51.0 Å². The molecule has 2 fully saturated rings. The SMILES string of the molecule is NCC1(CNC(=O)CCC2CCCCO2)CC1. The Hall–Kier alpha value is -0.610. The lowest BCUT2D eigenvalue weighted by atomic mass is 10.0. The molecule has 4 heteroatoms. The molecule has 1 aliphatic heterocycles. The summed E-state index contributed by atoms with van der Waals surface area (Å²) in [5.74, 6) is 0.152. The molecule has 0 aromatic rings. The predicted molar refractivity (Wildman–Crippen MR) is 66.6 cm³/mol. The summed E-state index contributed by atoms with van der Waals surface area (Å²) in [6.07, 6.45) is 7.60. The summed E-state index contributed by atoms with van der Waals surface area (Å²) >= 11 is 0. The Bertz CT molecular complexity index is 258. The van der Waals surface area contributed by atoms with E-state index in [1.54, 1.807) is 0 Å². The highest BCUT2D eigenvalue weighted by molar-refractivity contribution is 5.75. The molecule has 0 aromatic heterocycles. The number of nitrogens with two attached hydrogens (primary N) is 1. The third-order valence-corrected chi connectivity index (χ3v) is 4.02. The highest BCUT2D eigenvalue weighted by Gasteiger charge is 2.41. The molecule has 3 N–H and O–H groups in total. The van der Waals surface area contributed by atoms with Crippen LogP contribution in [-0.2, 0) is 9.53 Å². The van der Waals surface area contributed by atoms with Crippen LogP contribution in [0.4, 0.5) is 0 Å². The molecule has 98 valence electrons. The van der Waals surface area contributed by atoms with E-state index in [0.717, 1.165) is 38.8 Å². The van der Waals surface area contributed by atoms with Crippen LogP contribution in [0.3, 0.4) is 0 Å². The molecule has 1 amide bonds. The highest BCUT2D eigenvalue weighted by atomic mass is 16.5. The lowest BCUT2D eigenvalue weighted by Crippen LogP contribution is -2.34. The van der Waals surface area contributed by atoms with Crippen molar-refractivity contribution in [3.63, 3.8) is 0 Å². The molecule has 2 aliphatic rings. The van der Waals surface area contributed by atoms with Crippen molar-refractivity contribution >= 4 is 5.91 Å². The van der Waals surface area contributed by atoms with Crippen molar-refractivity contribution in [2.24, 2.45) is 11.1 Å². The zero-order chi connectivity index (χ0) is 12.1. The Morgan fingerprint density at radius 2 is 2.24 bits per heavy atom. The van der Waals surface area contributed by atoms with E-state index in [1.165, 1.54) is 12.8 Å². The summed E-state index contributed by atoms with van der Waals surface area (Å²) in [7, 11) is 0. The normalized spacial score (nSPS) is 26.5. The van der Waals surface area contributed by atoms with Gasteiger partial charge in [0, 0.05) is 19.6 Å². The zero-order valence-electron chi connectivity index (χ0n) is 10.5. The maximum Gasteiger partial charge on any atom is 0.220 e. The number of ether oxygens (including phenoxy) is 1. The van der Waals surface area contributed by atoms with Gasteiger partial charge in [0.05, 0.1) is 6.10 Å². The minimum absolute atomic E-state index is 0.152. The van der Waals surface area contributed by atoms with Gasteiger partial charge in [-0.3, -0.25) is 4.79 Å². The first-order valence-corrected chi connectivity index (χ1v) is 6.82. The van der Waals surface area contributed by atoms with E-state index in [1.807, 2.05) is 0 Å². The second-order valence-electron chi connectivity index (χ2n) is 5.51. The molecule has 0 aromatic carbocycles. The van der Waals surface area contributed by atoms with E-state index in [-0.39, 0.29) is 11.3 Å². The fourth-order valence-corrected chi connectivity index (χ4v) is 2.33. The van der Waals surface area contributed by atoms with E-state index < -0.39 is 0 Å². The zero-order valence-corrected chi connectivity index (χ0v) is 10.5. The average molecular weight is 240 g/mol. The Labute approximate surface area is 103 Å². The molecule has 1 atom stereocenters. The number of hydrogen-bond donors (Lipinski definition) is 2. The molecular formula is C13H24N2O2. The number of amides is 1. The largest absolute Gasteiger partial charge is 0.378 e. The van der Waals surface area contributed by atoms with E-state index in [0.29, 0.717) is 19.1 Å². The first-order valence-electron chi connectivity index (χ1n) is 6.82. The third-order valence-electron chi connectivity index (χ3n) is 4.02. The molecule has 1 saturated carbocycles. The Balaban J connectivity index is 1.57. The van der Waals surface area contributed by atoms with Crippen LogP contribution in [0.1, 0.15) is 44.9 Å². The number of carbonyl (C=O) groups excluding carboxylic acids is 1. The van der Waals surface area contributed by atoms with Crippen molar-refractivity contribution < 1.29 is 9.53 Å². The molecule has 0 radical (unpaired) electrons. The Kier molecular flexibility index (Phi) is 4.40. The van der Waals surface area contributed by atoms with Crippen LogP contribution in [0.5, 0.6) is 0 Å². The summed E-state index contributed by atoms with van der Waals surface area (Å²) in [5.41, 5.74) is 5.91. The van der Waals surface area contributed by atoms with E-state index >= 15 is 0 Å². The summed E-state index contributed by atoms with van der Waals surface area (Å²) in [4.78, 5) is 11.7. The summed E-state index contributed by atoms with van der Waals surface area (Å²) in [5, 5.41) is 3.00. The smallest absolute Gasteiger partial charge is 0.220 e. The van der Waals surface area contributed by atoms with Gasteiger partial charge in [-0.05, 0) is 50.5 Å². The molecule has 2 rings (SSSR count). The molecule has 17 heavy (non-hydrogen) atoms. The maximum atomic E-state index is 11.7. The first-order chi connectivity index (χ1) is 8.24. The second-order valence-corrected chi connectivity index (χ2v) is 5.51. The average Bonchev–Trinajstić information content (AvgIpc) is 3.16. The predicted octanol–water partition coefficient (Wildman–Crippen LogP) is 1.19. The standard InChI is InChI=1S/C13H24N2O2/c14-9-13(6-7-13)10-15-12(16)5-4-11-3-1-2-8-17-11/h11H,1-10,14H2,(H,15,16). The summed E-state index contributed by atoms with van der Waals surface area (Å²) in [6.45, 7) is 2.31. The van der Waals surface area contributed by atoms with Crippen LogP contribution in [-0.4, -0.2) is 31.7 Å². The van der Waals surface area contributed by atoms with Gasteiger partial charge < -0.3 is 15.8 Å². The minimum atomic E-state index is 0.152. The van der Waals surface area contributed by atoms with Gasteiger partial charge in [-0.25, -0.2) is 0 Å². The van der Waals surface area contributed by atoms with Crippen LogP contribution < -0.4 is 11.1 Å². The van der Waals surface area contributed by atoms with Crippen molar-refractivity contribution in [1.82, 2.24) is 5.32 Å². The number of hydrogen-bond acceptors (Lipinski definition) is 3. The number of carbonyl (C=O) groups is 1. The molecular weight excluding hydrogens is 216 g/mol. The van der Waals surface area contributed by atoms with Crippen LogP contribution >= 0.6 is 0 Å². The fraction of sp³-hybridized carbons (Fsp3) is 0.923. The third kappa shape index (κ3) is 3.96. The van der Waals surface area contributed by atoms with Crippen molar-refractivity contribution in [1.29, 1.82) is 0 Å². The van der Waals surface area contributed by atoms with E-state index in [9.17, 15) is 4.79 Å². The van der Waals surface area contributed by atoms with Crippen LogP contribution in [0, 0.1) is 5.41 Å². The quantitative estimate of drug-likeness (QED) is 0.733. The van der Waals surface area contributed by atoms with Gasteiger partial charge in [0.25, 0.3) is 0 Å². The van der Waals surface area contributed by atoms with E-state index in [2.05, 4.69) is 5.32 Å². The van der Waals surface area contributed by atoms with Crippen LogP contribution in [0.2, 0.25) is 0 Å². The molecule has 4 nitrogen and oxygen atoms in total. The first kappa shape index (κ1) is 12.8. The molecule has 0 bridgehead atoms. The van der Waals surface area contributed by atoms with Gasteiger partial charge in [0.15, 0.2) is 0 Å². The van der Waals surface area contributed by atoms with Gasteiger partial charge in [-0.1, -0.05) is 0 Å². The van der Waals surface area contributed by atoms with E-state index in [4.69, 9.17) is 10.5 Å². The lowest BCUT2D eigenvalue weighted by molar-refractivity contribution is -0.122. The minimum Gasteiger partial charge on any atom is -0.378 e. The fourth-order valence-electron chi connectivity index (χ4n) is 2.33. The van der Waals surface area contributed by atoms with Gasteiger partial charge in [-0.2, -0.15) is 0 Å². The molecule has 1 unspecified atom stereocenters. The molecule has 1 aliphatic carbocycles. The summed E-state index contributed by atoms with van der Waals surface area (Å²) in [6, 6.07) is 0. The van der Waals surface area contributed by atoms with Gasteiger partial charge in [0.2, 0.25) is 5.91 Å². The number of nitrogens with one attached hydrogen (secondary N) is 1. The molecule has 1 saturated heterocycles. The summed E-state index contributed by atoms with van der Waals surface area (Å²) < 4.78 is 5.61. The van der Waals surface area contributed by atoms with Crippen LogP contribution in [0.25, 0.3) is 0 Å². The lowest BCUT2D eigenvalue weighted by Gasteiger charge is -2.22. The van der Waals surface area contributed by atoms with Crippen molar-refractivity contribution in [2.75, 3.05) is 19.7 Å². The van der Waals surface area contributed by atoms with Gasteiger partial charge >= 0.3 is 0 Å². The topological polar surface area (TPSA) is 64.3 Å². The monoisotopic (exact) mass is 240 g/mol. The second kappa shape index (κ2) is 5.83. The molecule has 0 spiro atoms. The van der Waals surface area contributed by atoms with Gasteiger partial charge in [-0.15, -0.1) is 0 Å². The Morgan fingerprint density at radius 1 is 1.41 bits per heavy atom. The highest BCUT2D eigenvalue weighted by Crippen LogP contribution is 2.43. The number of rotatable bonds is 6. The van der Waals surface area contributed by atoms with Gasteiger partial charge in [0.1, 0.15) is 0 Å². The van der Waals surface area contributed by atoms with Crippen LogP contribution in [0.15, 0.2) is 0 Å². The van der Waals surface area contributed by atoms with Crippen molar-refractivity contribution in [3.8, 4) is 0 Å². The Morgan fingerprint density at radius 3 is 2.82 bits per heavy atom. The molecule has 1 heterocycles.